The molecule has 0 saturated carbocycles. The van der Waals surface area contributed by atoms with E-state index < -0.39 is 5.67 Å². The van der Waals surface area contributed by atoms with Crippen LogP contribution in [-0.4, -0.2) is 12.6 Å². The predicted molar refractivity (Wildman–Crippen MR) is 74.6 cm³/mol. The molecule has 1 N–H and O–H groups in total. The van der Waals surface area contributed by atoms with Gasteiger partial charge in [-0.1, -0.05) is 24.6 Å². The van der Waals surface area contributed by atoms with Crippen molar-refractivity contribution in [3.05, 3.63) is 34.9 Å². The number of hydrogen-bond donors (Lipinski definition) is 1. The average Bonchev–Trinajstić information content (AvgIpc) is 2.33. The van der Waals surface area contributed by atoms with Crippen LogP contribution >= 0.6 is 0 Å². The van der Waals surface area contributed by atoms with Crippen molar-refractivity contribution in [3.8, 4) is 0 Å². The maximum Gasteiger partial charge on any atom is 0.134 e. The van der Waals surface area contributed by atoms with Gasteiger partial charge in [0.25, 0.3) is 0 Å². The summed E-state index contributed by atoms with van der Waals surface area (Å²) in [6.45, 7) is 6.87. The van der Waals surface area contributed by atoms with Crippen LogP contribution in [0.1, 0.15) is 49.3 Å². The summed E-state index contributed by atoms with van der Waals surface area (Å²) in [7, 11) is 0. The molecule has 0 radical (unpaired) electrons. The van der Waals surface area contributed by atoms with Crippen LogP contribution in [0.4, 0.5) is 4.39 Å². The number of nitrogens with one attached hydrogen (secondary N) is 1. The Morgan fingerprint density at radius 1 is 1.28 bits per heavy atom. The molecule has 1 aliphatic rings. The minimum atomic E-state index is -1.23. The number of piperidine rings is 1. The summed E-state index contributed by atoms with van der Waals surface area (Å²) in [5.74, 6) is 0. The zero-order valence-electron chi connectivity index (χ0n) is 11.7. The van der Waals surface area contributed by atoms with E-state index in [0.29, 0.717) is 12.5 Å². The monoisotopic (exact) mass is 249 g/mol. The van der Waals surface area contributed by atoms with E-state index in [1.165, 1.54) is 24.0 Å². The van der Waals surface area contributed by atoms with Crippen LogP contribution in [0, 0.1) is 13.8 Å². The van der Waals surface area contributed by atoms with Gasteiger partial charge in [0.1, 0.15) is 5.67 Å². The van der Waals surface area contributed by atoms with Gasteiger partial charge in [-0.05, 0) is 56.8 Å². The first kappa shape index (κ1) is 13.5. The standard InChI is InChI=1S/C16H24FN/c1-12-7-8-14(10-13(12)2)16(3,17)11-15-6-4-5-9-18-15/h7-8,10,15,18H,4-6,9,11H2,1-3H3. The number of benzene rings is 1. The number of alkyl halides is 1. The van der Waals surface area contributed by atoms with Crippen LogP contribution in [0.5, 0.6) is 0 Å². The van der Waals surface area contributed by atoms with E-state index in [9.17, 15) is 4.39 Å². The van der Waals surface area contributed by atoms with Crippen molar-refractivity contribution in [2.24, 2.45) is 0 Å². The SMILES string of the molecule is Cc1ccc(C(C)(F)CC2CCCCN2)cc1C. The minimum Gasteiger partial charge on any atom is -0.314 e. The van der Waals surface area contributed by atoms with E-state index in [1.54, 1.807) is 6.92 Å². The normalized spacial score (nSPS) is 23.7. The van der Waals surface area contributed by atoms with Gasteiger partial charge >= 0.3 is 0 Å². The van der Waals surface area contributed by atoms with Gasteiger partial charge in [0.2, 0.25) is 0 Å². The van der Waals surface area contributed by atoms with Gasteiger partial charge < -0.3 is 5.32 Å². The molecule has 0 aromatic heterocycles. The summed E-state index contributed by atoms with van der Waals surface area (Å²) in [4.78, 5) is 0. The van der Waals surface area contributed by atoms with E-state index in [0.717, 1.165) is 18.5 Å². The highest BCUT2D eigenvalue weighted by atomic mass is 19.1. The molecular weight excluding hydrogens is 225 g/mol. The molecular formula is C16H24FN. The summed E-state index contributed by atoms with van der Waals surface area (Å²) < 4.78 is 14.9. The van der Waals surface area contributed by atoms with Gasteiger partial charge in [-0.25, -0.2) is 4.39 Å². The predicted octanol–water partition coefficient (Wildman–Crippen LogP) is 4.02. The number of aryl methyl sites for hydroxylation is 2. The van der Waals surface area contributed by atoms with Crippen LogP contribution < -0.4 is 5.32 Å². The van der Waals surface area contributed by atoms with Crippen LogP contribution in [0.2, 0.25) is 0 Å². The third-order valence-corrected chi connectivity index (χ3v) is 4.15. The molecule has 1 heterocycles. The largest absolute Gasteiger partial charge is 0.314 e. The van der Waals surface area contributed by atoms with Crippen molar-refractivity contribution < 1.29 is 4.39 Å². The van der Waals surface area contributed by atoms with Gasteiger partial charge in [-0.15, -0.1) is 0 Å². The first-order valence-electron chi connectivity index (χ1n) is 6.99. The number of rotatable bonds is 3. The van der Waals surface area contributed by atoms with Crippen molar-refractivity contribution in [3.63, 3.8) is 0 Å². The molecule has 2 heteroatoms. The van der Waals surface area contributed by atoms with Crippen molar-refractivity contribution in [2.45, 2.75) is 58.2 Å². The lowest BCUT2D eigenvalue weighted by atomic mass is 9.86. The minimum absolute atomic E-state index is 0.329. The lowest BCUT2D eigenvalue weighted by Gasteiger charge is -2.30. The smallest absolute Gasteiger partial charge is 0.134 e. The Morgan fingerprint density at radius 3 is 2.67 bits per heavy atom. The summed E-state index contributed by atoms with van der Waals surface area (Å²) in [6, 6.07) is 6.29. The Hall–Kier alpha value is -0.890. The third-order valence-electron chi connectivity index (χ3n) is 4.15. The highest BCUT2D eigenvalue weighted by molar-refractivity contribution is 5.33. The molecule has 0 bridgehead atoms. The molecule has 1 fully saturated rings. The fourth-order valence-electron chi connectivity index (χ4n) is 2.74. The summed E-state index contributed by atoms with van der Waals surface area (Å²) >= 11 is 0. The summed E-state index contributed by atoms with van der Waals surface area (Å²) in [5, 5.41) is 3.43. The summed E-state index contributed by atoms with van der Waals surface area (Å²) in [5.41, 5.74) is 1.99. The lowest BCUT2D eigenvalue weighted by Crippen LogP contribution is -2.38. The quantitative estimate of drug-likeness (QED) is 0.853. The van der Waals surface area contributed by atoms with Gasteiger partial charge in [0.15, 0.2) is 0 Å². The first-order valence-corrected chi connectivity index (χ1v) is 6.99. The van der Waals surface area contributed by atoms with E-state index in [-0.39, 0.29) is 0 Å². The second-order valence-electron chi connectivity index (χ2n) is 5.85. The maximum absolute atomic E-state index is 14.9. The maximum atomic E-state index is 14.9. The van der Waals surface area contributed by atoms with Crippen LogP contribution in [0.15, 0.2) is 18.2 Å². The second kappa shape index (κ2) is 5.40. The Balaban J connectivity index is 2.10. The van der Waals surface area contributed by atoms with Gasteiger partial charge in [-0.3, -0.25) is 0 Å². The number of hydrogen-bond acceptors (Lipinski definition) is 1. The van der Waals surface area contributed by atoms with Crippen molar-refractivity contribution in [1.29, 1.82) is 0 Å². The van der Waals surface area contributed by atoms with Crippen molar-refractivity contribution >= 4 is 0 Å². The molecule has 1 nitrogen and oxygen atoms in total. The highest BCUT2D eigenvalue weighted by Crippen LogP contribution is 2.33. The molecule has 0 spiro atoms. The molecule has 1 aliphatic heterocycles. The zero-order valence-corrected chi connectivity index (χ0v) is 11.7. The van der Waals surface area contributed by atoms with Crippen LogP contribution in [-0.2, 0) is 5.67 Å². The number of halogens is 1. The Morgan fingerprint density at radius 2 is 2.06 bits per heavy atom. The topological polar surface area (TPSA) is 12.0 Å². The van der Waals surface area contributed by atoms with E-state index in [2.05, 4.69) is 12.2 Å². The Kier molecular flexibility index (Phi) is 4.06. The van der Waals surface area contributed by atoms with Crippen LogP contribution in [0.25, 0.3) is 0 Å². The molecule has 2 rings (SSSR count). The van der Waals surface area contributed by atoms with E-state index >= 15 is 0 Å². The molecule has 100 valence electrons. The molecule has 0 aliphatic carbocycles. The Labute approximate surface area is 110 Å². The molecule has 1 saturated heterocycles. The van der Waals surface area contributed by atoms with Gasteiger partial charge in [-0.2, -0.15) is 0 Å². The van der Waals surface area contributed by atoms with Crippen molar-refractivity contribution in [2.75, 3.05) is 6.54 Å². The molecule has 1 aromatic rings. The van der Waals surface area contributed by atoms with Gasteiger partial charge in [0.05, 0.1) is 0 Å². The Bertz CT molecular complexity index is 406. The second-order valence-corrected chi connectivity index (χ2v) is 5.85. The summed E-state index contributed by atoms with van der Waals surface area (Å²) in [6.07, 6.45) is 4.13. The molecule has 2 unspecified atom stereocenters. The molecule has 2 atom stereocenters. The zero-order chi connectivity index (χ0) is 13.2. The first-order chi connectivity index (χ1) is 8.49. The molecule has 0 amide bonds. The fraction of sp³-hybridized carbons (Fsp3) is 0.625. The van der Waals surface area contributed by atoms with Gasteiger partial charge in [0, 0.05) is 12.5 Å². The average molecular weight is 249 g/mol. The van der Waals surface area contributed by atoms with Crippen molar-refractivity contribution in [1.82, 2.24) is 5.32 Å². The lowest BCUT2D eigenvalue weighted by molar-refractivity contribution is 0.146. The van der Waals surface area contributed by atoms with E-state index in [1.807, 2.05) is 25.1 Å². The van der Waals surface area contributed by atoms with Crippen LogP contribution in [0.3, 0.4) is 0 Å². The van der Waals surface area contributed by atoms with E-state index in [4.69, 9.17) is 0 Å². The molecule has 1 aromatic carbocycles. The fourth-order valence-corrected chi connectivity index (χ4v) is 2.74. The molecule has 18 heavy (non-hydrogen) atoms. The highest BCUT2D eigenvalue weighted by Gasteiger charge is 2.30. The third kappa shape index (κ3) is 3.11.